The predicted molar refractivity (Wildman–Crippen MR) is 105 cm³/mol. The fraction of sp³-hybridized carbons (Fsp3) is 0.556. The Hall–Kier alpha value is -1.55. The van der Waals surface area contributed by atoms with Crippen LogP contribution in [0.2, 0.25) is 0 Å². The van der Waals surface area contributed by atoms with E-state index in [-0.39, 0.29) is 0 Å². The van der Waals surface area contributed by atoms with Gasteiger partial charge in [0.15, 0.2) is 6.67 Å². The highest BCUT2D eigenvalue weighted by atomic mass is 32.2. The normalized spacial score (nSPS) is 19.4. The monoisotopic (exact) mass is 408 g/mol. The first-order valence-electron chi connectivity index (χ1n) is 9.57. The SMILES string of the molecule is CCn1c(C2CC2)nn(C[NH+]2CCN(S(=O)(=O)c3ccccc3)CC2)c1=S. The Bertz CT molecular complexity index is 955. The lowest BCUT2D eigenvalue weighted by Crippen LogP contribution is -3.14. The summed E-state index contributed by atoms with van der Waals surface area (Å²) in [7, 11) is -3.40. The summed E-state index contributed by atoms with van der Waals surface area (Å²) in [5.74, 6) is 1.68. The van der Waals surface area contributed by atoms with Crippen LogP contribution in [0.15, 0.2) is 35.2 Å². The van der Waals surface area contributed by atoms with Gasteiger partial charge in [0.1, 0.15) is 5.82 Å². The molecule has 0 unspecified atom stereocenters. The van der Waals surface area contributed by atoms with Crippen molar-refractivity contribution in [2.45, 2.75) is 43.8 Å². The summed E-state index contributed by atoms with van der Waals surface area (Å²) < 4.78 is 32.0. The van der Waals surface area contributed by atoms with Gasteiger partial charge in [-0.1, -0.05) is 18.2 Å². The molecule has 1 saturated carbocycles. The highest BCUT2D eigenvalue weighted by Gasteiger charge is 2.32. The summed E-state index contributed by atoms with van der Waals surface area (Å²) in [6, 6.07) is 8.67. The molecule has 0 amide bonds. The minimum atomic E-state index is -3.40. The molecule has 9 heteroatoms. The predicted octanol–water partition coefficient (Wildman–Crippen LogP) is 0.858. The average molecular weight is 409 g/mol. The van der Waals surface area contributed by atoms with Crippen molar-refractivity contribution in [2.24, 2.45) is 0 Å². The maximum Gasteiger partial charge on any atom is 0.243 e. The first-order chi connectivity index (χ1) is 13.0. The molecule has 2 aromatic rings. The third kappa shape index (κ3) is 3.73. The fourth-order valence-electron chi connectivity index (χ4n) is 3.66. The lowest BCUT2D eigenvalue weighted by Gasteiger charge is -2.31. The Morgan fingerprint density at radius 3 is 2.44 bits per heavy atom. The van der Waals surface area contributed by atoms with Crippen LogP contribution in [0.1, 0.15) is 31.5 Å². The number of piperazine rings is 1. The molecule has 0 radical (unpaired) electrons. The number of aromatic nitrogens is 3. The largest absolute Gasteiger partial charge is 0.314 e. The first-order valence-corrected chi connectivity index (χ1v) is 11.4. The Morgan fingerprint density at radius 2 is 1.85 bits per heavy atom. The maximum absolute atomic E-state index is 12.8. The molecule has 7 nitrogen and oxygen atoms in total. The fourth-order valence-corrected chi connectivity index (χ4v) is 5.45. The van der Waals surface area contributed by atoms with E-state index in [0.29, 0.717) is 30.6 Å². The van der Waals surface area contributed by atoms with Gasteiger partial charge in [-0.2, -0.15) is 14.1 Å². The molecule has 0 atom stereocenters. The van der Waals surface area contributed by atoms with Crippen molar-refractivity contribution in [3.05, 3.63) is 40.9 Å². The highest BCUT2D eigenvalue weighted by molar-refractivity contribution is 7.89. The van der Waals surface area contributed by atoms with Crippen LogP contribution in [0.25, 0.3) is 0 Å². The molecule has 146 valence electrons. The van der Waals surface area contributed by atoms with E-state index in [2.05, 4.69) is 11.5 Å². The molecule has 1 aliphatic carbocycles. The number of hydrogen-bond acceptors (Lipinski definition) is 4. The van der Waals surface area contributed by atoms with Crippen molar-refractivity contribution in [2.75, 3.05) is 26.2 Å². The molecule has 27 heavy (non-hydrogen) atoms. The zero-order valence-corrected chi connectivity index (χ0v) is 17.2. The summed E-state index contributed by atoms with van der Waals surface area (Å²) >= 11 is 5.62. The number of rotatable bonds is 6. The second kappa shape index (κ2) is 7.46. The van der Waals surface area contributed by atoms with Gasteiger partial charge in [-0.25, -0.2) is 8.42 Å². The zero-order valence-electron chi connectivity index (χ0n) is 15.5. The Labute approximate surface area is 165 Å². The minimum Gasteiger partial charge on any atom is -0.314 e. The summed E-state index contributed by atoms with van der Waals surface area (Å²) in [5, 5.41) is 4.77. The number of nitrogens with one attached hydrogen (secondary N) is 1. The molecule has 2 fully saturated rings. The minimum absolute atomic E-state index is 0.367. The van der Waals surface area contributed by atoms with Gasteiger partial charge in [-0.3, -0.25) is 0 Å². The van der Waals surface area contributed by atoms with Gasteiger partial charge >= 0.3 is 0 Å². The second-order valence-corrected chi connectivity index (χ2v) is 9.59. The molecule has 2 heterocycles. The molecule has 2 aliphatic rings. The van der Waals surface area contributed by atoms with E-state index in [9.17, 15) is 8.42 Å². The van der Waals surface area contributed by atoms with E-state index in [0.717, 1.165) is 30.2 Å². The third-order valence-electron chi connectivity index (χ3n) is 5.39. The van der Waals surface area contributed by atoms with Crippen LogP contribution in [0, 0.1) is 4.77 Å². The lowest BCUT2D eigenvalue weighted by atomic mass is 10.4. The summed E-state index contributed by atoms with van der Waals surface area (Å²) in [6.07, 6.45) is 2.41. The van der Waals surface area contributed by atoms with Gasteiger partial charge in [0.25, 0.3) is 0 Å². The Kier molecular flexibility index (Phi) is 5.19. The molecule has 1 aliphatic heterocycles. The third-order valence-corrected chi connectivity index (χ3v) is 7.74. The lowest BCUT2D eigenvalue weighted by molar-refractivity contribution is -0.926. The van der Waals surface area contributed by atoms with E-state index in [1.54, 1.807) is 28.6 Å². The summed E-state index contributed by atoms with van der Waals surface area (Å²) in [6.45, 7) is 6.20. The number of nitrogens with zero attached hydrogens (tertiary/aromatic N) is 4. The van der Waals surface area contributed by atoms with Crippen LogP contribution in [-0.4, -0.2) is 53.2 Å². The van der Waals surface area contributed by atoms with Gasteiger partial charge in [0, 0.05) is 12.5 Å². The molecule has 1 saturated heterocycles. The van der Waals surface area contributed by atoms with Crippen LogP contribution in [-0.2, 0) is 23.2 Å². The molecule has 0 spiro atoms. The maximum atomic E-state index is 12.8. The molecule has 1 N–H and O–H groups in total. The quantitative estimate of drug-likeness (QED) is 0.720. The molecule has 1 aromatic heterocycles. The van der Waals surface area contributed by atoms with E-state index >= 15 is 0 Å². The Morgan fingerprint density at radius 1 is 1.19 bits per heavy atom. The number of quaternary nitrogens is 1. The molecular weight excluding hydrogens is 382 g/mol. The van der Waals surface area contributed by atoms with Crippen LogP contribution in [0.5, 0.6) is 0 Å². The van der Waals surface area contributed by atoms with Crippen LogP contribution in [0.4, 0.5) is 0 Å². The van der Waals surface area contributed by atoms with E-state index in [1.165, 1.54) is 17.7 Å². The van der Waals surface area contributed by atoms with Gasteiger partial charge in [-0.15, -0.1) is 0 Å². The van der Waals surface area contributed by atoms with Crippen molar-refractivity contribution >= 4 is 22.2 Å². The van der Waals surface area contributed by atoms with E-state index in [4.69, 9.17) is 17.3 Å². The van der Waals surface area contributed by atoms with Crippen molar-refractivity contribution in [1.29, 1.82) is 0 Å². The Balaban J connectivity index is 1.42. The number of benzene rings is 1. The molecular formula is C18H26N5O2S2+. The first kappa shape index (κ1) is 18.8. The molecule has 0 bridgehead atoms. The highest BCUT2D eigenvalue weighted by Crippen LogP contribution is 2.39. The topological polar surface area (TPSA) is 64.6 Å². The summed E-state index contributed by atoms with van der Waals surface area (Å²) in [4.78, 5) is 1.68. The van der Waals surface area contributed by atoms with Crippen molar-refractivity contribution < 1.29 is 13.3 Å². The van der Waals surface area contributed by atoms with Gasteiger partial charge in [-0.05, 0) is 44.1 Å². The number of sulfonamides is 1. The van der Waals surface area contributed by atoms with Gasteiger partial charge in [0.05, 0.1) is 31.1 Å². The van der Waals surface area contributed by atoms with Crippen LogP contribution >= 0.6 is 12.2 Å². The smallest absolute Gasteiger partial charge is 0.243 e. The van der Waals surface area contributed by atoms with E-state index < -0.39 is 10.0 Å². The standard InChI is InChI=1S/C18H25N5O2S2/c1-2-22-17(15-8-9-15)19-23(18(22)26)14-20-10-12-21(13-11-20)27(24,25)16-6-4-3-5-7-16/h3-7,15H,2,8-14H2,1H3/p+1. The zero-order chi connectivity index (χ0) is 19.0. The van der Waals surface area contributed by atoms with Crippen molar-refractivity contribution in [3.8, 4) is 0 Å². The average Bonchev–Trinajstić information content (AvgIpc) is 3.48. The molecule has 1 aromatic carbocycles. The van der Waals surface area contributed by atoms with Crippen LogP contribution in [0.3, 0.4) is 0 Å². The van der Waals surface area contributed by atoms with E-state index in [1.807, 2.05) is 10.7 Å². The summed E-state index contributed by atoms with van der Waals surface area (Å²) in [5.41, 5.74) is 0. The number of hydrogen-bond donors (Lipinski definition) is 1. The van der Waals surface area contributed by atoms with Crippen LogP contribution < -0.4 is 4.90 Å². The van der Waals surface area contributed by atoms with Gasteiger partial charge in [0.2, 0.25) is 14.8 Å². The van der Waals surface area contributed by atoms with Crippen molar-refractivity contribution in [3.63, 3.8) is 0 Å². The second-order valence-electron chi connectivity index (χ2n) is 7.28. The van der Waals surface area contributed by atoms with Crippen molar-refractivity contribution in [1.82, 2.24) is 18.7 Å². The molecule has 4 rings (SSSR count). The van der Waals surface area contributed by atoms with Gasteiger partial charge < -0.3 is 9.47 Å².